The van der Waals surface area contributed by atoms with E-state index < -0.39 is 11.9 Å². The number of aromatic nitrogens is 1. The van der Waals surface area contributed by atoms with E-state index in [9.17, 15) is 14.4 Å². The molecule has 1 saturated heterocycles. The average Bonchev–Trinajstić information content (AvgIpc) is 3.31. The molecule has 2 amide bonds. The van der Waals surface area contributed by atoms with Crippen LogP contribution in [0.3, 0.4) is 0 Å². The average molecular weight is 377 g/mol. The predicted molar refractivity (Wildman–Crippen MR) is 93.8 cm³/mol. The molecule has 0 saturated carbocycles. The first-order valence-electron chi connectivity index (χ1n) is 8.25. The number of carbonyl (C=O) groups excluding carboxylic acids is 3. The molecule has 1 aliphatic rings. The highest BCUT2D eigenvalue weighted by molar-refractivity contribution is 7.12. The molecule has 0 atom stereocenters. The Hall–Kier alpha value is -2.68. The standard InChI is InChI=1S/C17H19N3O5S/c1-11-9-14(19-25-11)18-15(21)10-24-17(23)12-4-6-20(7-5-12)16(22)13-3-2-8-26-13/h2-3,8-9,12H,4-7,10H2,1H3,(H,18,19,21). The number of anilines is 1. The first kappa shape index (κ1) is 18.1. The van der Waals surface area contributed by atoms with Crippen LogP contribution in [-0.2, 0) is 14.3 Å². The number of carbonyl (C=O) groups is 3. The maximum atomic E-state index is 12.3. The fourth-order valence-electron chi connectivity index (χ4n) is 2.73. The van der Waals surface area contributed by atoms with Crippen molar-refractivity contribution in [1.82, 2.24) is 10.1 Å². The number of esters is 1. The van der Waals surface area contributed by atoms with Gasteiger partial charge in [0, 0.05) is 19.2 Å². The summed E-state index contributed by atoms with van der Waals surface area (Å²) < 4.78 is 9.92. The van der Waals surface area contributed by atoms with Crippen LogP contribution in [0.25, 0.3) is 0 Å². The zero-order valence-corrected chi connectivity index (χ0v) is 15.1. The summed E-state index contributed by atoms with van der Waals surface area (Å²) in [6.07, 6.45) is 1.06. The van der Waals surface area contributed by atoms with Crippen LogP contribution in [0.15, 0.2) is 28.1 Å². The van der Waals surface area contributed by atoms with E-state index >= 15 is 0 Å². The lowest BCUT2D eigenvalue weighted by atomic mass is 9.97. The fourth-order valence-corrected chi connectivity index (χ4v) is 3.42. The van der Waals surface area contributed by atoms with Gasteiger partial charge in [0.25, 0.3) is 11.8 Å². The monoisotopic (exact) mass is 377 g/mol. The number of likely N-dealkylation sites (tertiary alicyclic amines) is 1. The second-order valence-electron chi connectivity index (χ2n) is 6.02. The summed E-state index contributed by atoms with van der Waals surface area (Å²) in [5.74, 6) is -0.347. The normalized spacial score (nSPS) is 14.9. The van der Waals surface area contributed by atoms with Crippen molar-refractivity contribution < 1.29 is 23.6 Å². The quantitative estimate of drug-likeness (QED) is 0.801. The van der Waals surface area contributed by atoms with Crippen LogP contribution in [0.5, 0.6) is 0 Å². The van der Waals surface area contributed by atoms with Gasteiger partial charge in [-0.2, -0.15) is 0 Å². The van der Waals surface area contributed by atoms with Crippen molar-refractivity contribution in [2.75, 3.05) is 25.0 Å². The van der Waals surface area contributed by atoms with Gasteiger partial charge in [0.1, 0.15) is 5.76 Å². The van der Waals surface area contributed by atoms with Crippen molar-refractivity contribution in [1.29, 1.82) is 0 Å². The van der Waals surface area contributed by atoms with Crippen LogP contribution in [0, 0.1) is 12.8 Å². The third kappa shape index (κ3) is 4.48. The molecule has 3 heterocycles. The van der Waals surface area contributed by atoms with Crippen LogP contribution < -0.4 is 5.32 Å². The SMILES string of the molecule is Cc1cc(NC(=O)COC(=O)C2CCN(C(=O)c3cccs3)CC2)no1. The number of nitrogens with zero attached hydrogens (tertiary/aromatic N) is 2. The molecule has 0 unspecified atom stereocenters. The second-order valence-corrected chi connectivity index (χ2v) is 6.97. The Kier molecular flexibility index (Phi) is 5.67. The van der Waals surface area contributed by atoms with E-state index in [-0.39, 0.29) is 24.2 Å². The smallest absolute Gasteiger partial charge is 0.309 e. The van der Waals surface area contributed by atoms with Crippen molar-refractivity contribution in [3.8, 4) is 0 Å². The highest BCUT2D eigenvalue weighted by Gasteiger charge is 2.29. The van der Waals surface area contributed by atoms with Gasteiger partial charge in [-0.3, -0.25) is 14.4 Å². The molecule has 1 aliphatic heterocycles. The van der Waals surface area contributed by atoms with E-state index in [1.165, 1.54) is 11.3 Å². The lowest BCUT2D eigenvalue weighted by molar-refractivity contribution is -0.152. The Balaban J connectivity index is 1.41. The Morgan fingerprint density at radius 3 is 2.77 bits per heavy atom. The highest BCUT2D eigenvalue weighted by Crippen LogP contribution is 2.21. The summed E-state index contributed by atoms with van der Waals surface area (Å²) in [6, 6.07) is 5.20. The maximum absolute atomic E-state index is 12.3. The van der Waals surface area contributed by atoms with Crippen LogP contribution in [0.2, 0.25) is 0 Å². The van der Waals surface area contributed by atoms with Gasteiger partial charge in [-0.25, -0.2) is 0 Å². The van der Waals surface area contributed by atoms with Crippen LogP contribution in [0.1, 0.15) is 28.3 Å². The molecular formula is C17H19N3O5S. The van der Waals surface area contributed by atoms with Crippen LogP contribution >= 0.6 is 11.3 Å². The number of hydrogen-bond donors (Lipinski definition) is 1. The van der Waals surface area contributed by atoms with Gasteiger partial charge < -0.3 is 19.5 Å². The molecule has 0 bridgehead atoms. The minimum atomic E-state index is -0.475. The van der Waals surface area contributed by atoms with E-state index in [0.29, 0.717) is 36.6 Å². The molecule has 0 radical (unpaired) electrons. The second kappa shape index (κ2) is 8.13. The molecule has 8 nitrogen and oxygen atoms in total. The molecule has 3 rings (SSSR count). The van der Waals surface area contributed by atoms with E-state index in [4.69, 9.17) is 9.26 Å². The summed E-state index contributed by atoms with van der Waals surface area (Å²) in [6.45, 7) is 2.33. The molecule has 2 aromatic rings. The first-order valence-corrected chi connectivity index (χ1v) is 9.13. The van der Waals surface area contributed by atoms with Gasteiger partial charge in [0.2, 0.25) is 0 Å². The van der Waals surface area contributed by atoms with Crippen molar-refractivity contribution in [2.24, 2.45) is 5.92 Å². The molecule has 138 valence electrons. The Morgan fingerprint density at radius 1 is 1.38 bits per heavy atom. The van der Waals surface area contributed by atoms with Crippen molar-refractivity contribution in [2.45, 2.75) is 19.8 Å². The fraction of sp³-hybridized carbons (Fsp3) is 0.412. The number of hydrogen-bond acceptors (Lipinski definition) is 7. The van der Waals surface area contributed by atoms with E-state index in [1.54, 1.807) is 24.0 Å². The number of thiophene rings is 1. The maximum Gasteiger partial charge on any atom is 0.309 e. The molecule has 0 aliphatic carbocycles. The van der Waals surface area contributed by atoms with E-state index in [2.05, 4.69) is 10.5 Å². The topological polar surface area (TPSA) is 102 Å². The summed E-state index contributed by atoms with van der Waals surface area (Å²) in [5.41, 5.74) is 0. The number of ether oxygens (including phenoxy) is 1. The van der Waals surface area contributed by atoms with E-state index in [1.807, 2.05) is 11.4 Å². The number of amides is 2. The minimum Gasteiger partial charge on any atom is -0.455 e. The van der Waals surface area contributed by atoms with Gasteiger partial charge in [-0.15, -0.1) is 11.3 Å². The third-order valence-electron chi connectivity index (χ3n) is 4.09. The molecule has 1 fully saturated rings. The third-order valence-corrected chi connectivity index (χ3v) is 4.95. The Morgan fingerprint density at radius 2 is 2.15 bits per heavy atom. The molecule has 0 spiro atoms. The Bertz CT molecular complexity index is 778. The summed E-state index contributed by atoms with van der Waals surface area (Å²) >= 11 is 1.41. The lowest BCUT2D eigenvalue weighted by Crippen LogP contribution is -2.40. The molecule has 0 aromatic carbocycles. The first-order chi connectivity index (χ1) is 12.5. The van der Waals surface area contributed by atoms with Gasteiger partial charge >= 0.3 is 5.97 Å². The summed E-state index contributed by atoms with van der Waals surface area (Å²) in [4.78, 5) is 38.6. The zero-order valence-electron chi connectivity index (χ0n) is 14.3. The van der Waals surface area contributed by atoms with Gasteiger partial charge in [0.15, 0.2) is 12.4 Å². The van der Waals surface area contributed by atoms with Crippen molar-refractivity contribution >= 4 is 34.9 Å². The van der Waals surface area contributed by atoms with Gasteiger partial charge in [0.05, 0.1) is 10.8 Å². The molecule has 9 heteroatoms. The van der Waals surface area contributed by atoms with Crippen LogP contribution in [-0.4, -0.2) is 47.5 Å². The zero-order chi connectivity index (χ0) is 18.5. The number of aryl methyl sites for hydroxylation is 1. The number of nitrogens with one attached hydrogen (secondary N) is 1. The molecule has 26 heavy (non-hydrogen) atoms. The van der Waals surface area contributed by atoms with Gasteiger partial charge in [-0.05, 0) is 31.2 Å². The van der Waals surface area contributed by atoms with Crippen LogP contribution in [0.4, 0.5) is 5.82 Å². The largest absolute Gasteiger partial charge is 0.455 e. The summed E-state index contributed by atoms with van der Waals surface area (Å²) in [5, 5.41) is 7.98. The molecule has 2 aromatic heterocycles. The predicted octanol–water partition coefficient (Wildman–Crippen LogP) is 2.08. The van der Waals surface area contributed by atoms with Crippen molar-refractivity contribution in [3.63, 3.8) is 0 Å². The van der Waals surface area contributed by atoms with Crippen molar-refractivity contribution in [3.05, 3.63) is 34.2 Å². The number of rotatable bonds is 5. The number of piperidine rings is 1. The minimum absolute atomic E-state index is 0.00546. The lowest BCUT2D eigenvalue weighted by Gasteiger charge is -2.30. The molecule has 1 N–H and O–H groups in total. The molecular weight excluding hydrogens is 358 g/mol. The van der Waals surface area contributed by atoms with Gasteiger partial charge in [-0.1, -0.05) is 11.2 Å². The van der Waals surface area contributed by atoms with E-state index in [0.717, 1.165) is 0 Å². The Labute approximate surface area is 154 Å². The summed E-state index contributed by atoms with van der Waals surface area (Å²) in [7, 11) is 0. The highest BCUT2D eigenvalue weighted by atomic mass is 32.1.